The summed E-state index contributed by atoms with van der Waals surface area (Å²) < 4.78 is 43.4. The number of rotatable bonds is 11. The fraction of sp³-hybridized carbons (Fsp3) is 0.476. The first-order valence-corrected chi connectivity index (χ1v) is 12.1. The van der Waals surface area contributed by atoms with Gasteiger partial charge in [-0.15, -0.1) is 5.10 Å². The van der Waals surface area contributed by atoms with Gasteiger partial charge in [0.1, 0.15) is 19.5 Å². The molecule has 0 saturated carbocycles. The molecule has 174 valence electrons. The number of anilines is 1. The lowest BCUT2D eigenvalue weighted by atomic mass is 10.2. The van der Waals surface area contributed by atoms with Gasteiger partial charge in [0.15, 0.2) is 0 Å². The zero-order chi connectivity index (χ0) is 23.0. The van der Waals surface area contributed by atoms with Crippen molar-refractivity contribution in [2.75, 3.05) is 31.6 Å². The summed E-state index contributed by atoms with van der Waals surface area (Å²) in [6, 6.07) is 5.68. The molecule has 10 nitrogen and oxygen atoms in total. The summed E-state index contributed by atoms with van der Waals surface area (Å²) >= 11 is 0. The normalized spacial score (nSPS) is 13.9. The van der Waals surface area contributed by atoms with Gasteiger partial charge in [-0.2, -0.15) is 4.31 Å². The van der Waals surface area contributed by atoms with E-state index in [0.717, 1.165) is 25.7 Å². The minimum atomic E-state index is -3.63. The van der Waals surface area contributed by atoms with Gasteiger partial charge in [0, 0.05) is 18.7 Å². The minimum absolute atomic E-state index is 0.0840. The van der Waals surface area contributed by atoms with Gasteiger partial charge in [-0.05, 0) is 37.1 Å². The van der Waals surface area contributed by atoms with Crippen LogP contribution in [0, 0.1) is 0 Å². The van der Waals surface area contributed by atoms with Crippen LogP contribution in [-0.2, 0) is 19.5 Å². The van der Waals surface area contributed by atoms with Crippen molar-refractivity contribution in [3.8, 4) is 0 Å². The van der Waals surface area contributed by atoms with E-state index in [-0.39, 0.29) is 28.1 Å². The second-order valence-corrected chi connectivity index (χ2v) is 9.14. The Hall–Kier alpha value is -2.92. The number of benzene rings is 1. The first-order chi connectivity index (χ1) is 15.5. The summed E-state index contributed by atoms with van der Waals surface area (Å²) in [5.41, 5.74) is 0.258. The van der Waals surface area contributed by atoms with Gasteiger partial charge in [0.2, 0.25) is 15.8 Å². The Morgan fingerprint density at radius 3 is 2.34 bits per heavy atom. The number of hydrogen-bond acceptors (Lipinski definition) is 8. The van der Waals surface area contributed by atoms with Crippen LogP contribution in [0.5, 0.6) is 0 Å². The highest BCUT2D eigenvalue weighted by molar-refractivity contribution is 7.89. The molecule has 1 aliphatic rings. The van der Waals surface area contributed by atoms with Gasteiger partial charge < -0.3 is 13.9 Å². The van der Waals surface area contributed by atoms with Crippen molar-refractivity contribution in [2.24, 2.45) is 0 Å². The summed E-state index contributed by atoms with van der Waals surface area (Å²) in [5.74, 6) is -0.136. The smallest absolute Gasteiger partial charge is 0.322 e. The van der Waals surface area contributed by atoms with E-state index in [4.69, 9.17) is 13.9 Å². The van der Waals surface area contributed by atoms with Crippen molar-refractivity contribution in [1.82, 2.24) is 14.5 Å². The maximum absolute atomic E-state index is 13.0. The van der Waals surface area contributed by atoms with Crippen molar-refractivity contribution in [3.63, 3.8) is 0 Å². The molecule has 2 aromatic rings. The largest absolute Gasteiger partial charge is 0.494 e. The third kappa shape index (κ3) is 5.86. The number of carbonyl (C=O) groups excluding carboxylic acids is 1. The fourth-order valence-electron chi connectivity index (χ4n) is 2.97. The van der Waals surface area contributed by atoms with Crippen molar-refractivity contribution in [2.45, 2.75) is 44.4 Å². The van der Waals surface area contributed by atoms with Gasteiger partial charge in [0.05, 0.1) is 4.90 Å². The second-order valence-electron chi connectivity index (χ2n) is 7.20. The number of nitrogens with zero attached hydrogens (tertiary/aromatic N) is 3. The average molecular weight is 465 g/mol. The molecule has 3 rings (SSSR count). The Kier molecular flexibility index (Phi) is 8.23. The predicted octanol–water partition coefficient (Wildman–Crippen LogP) is 3.26. The third-order valence-corrected chi connectivity index (χ3v) is 6.69. The standard InChI is InChI=1S/C21H28N4O6S/c1-3-5-11-25(12-6-4-2)32(27,28)17-9-7-16(8-10-17)19(26)22-21-24-23-20(31-21)18-15-29-13-14-30-18/h7-10,15H,3-6,11-14H2,1-2H3,(H,22,24,26). The summed E-state index contributed by atoms with van der Waals surface area (Å²) in [6.07, 6.45) is 4.77. The number of hydrogen-bond donors (Lipinski definition) is 1. The first-order valence-electron chi connectivity index (χ1n) is 10.7. The number of aromatic nitrogens is 2. The molecule has 11 heteroatoms. The van der Waals surface area contributed by atoms with Crippen molar-refractivity contribution in [1.29, 1.82) is 0 Å². The number of carbonyl (C=O) groups is 1. The topological polar surface area (TPSA) is 124 Å². The highest BCUT2D eigenvalue weighted by atomic mass is 32.2. The Morgan fingerprint density at radius 1 is 1.06 bits per heavy atom. The number of nitrogens with one attached hydrogen (secondary N) is 1. The Morgan fingerprint density at radius 2 is 1.75 bits per heavy atom. The van der Waals surface area contributed by atoms with Crippen LogP contribution in [0.15, 0.2) is 39.8 Å². The summed E-state index contributed by atoms with van der Waals surface area (Å²) in [4.78, 5) is 12.7. The van der Waals surface area contributed by atoms with E-state index < -0.39 is 15.9 Å². The second kappa shape index (κ2) is 11.1. The van der Waals surface area contributed by atoms with Crippen LogP contribution in [-0.4, -0.2) is 55.1 Å². The first kappa shape index (κ1) is 23.7. The molecule has 0 bridgehead atoms. The van der Waals surface area contributed by atoms with Crippen molar-refractivity contribution < 1.29 is 27.1 Å². The van der Waals surface area contributed by atoms with E-state index in [9.17, 15) is 13.2 Å². The van der Waals surface area contributed by atoms with E-state index in [1.165, 1.54) is 34.8 Å². The third-order valence-electron chi connectivity index (χ3n) is 4.78. The maximum atomic E-state index is 13.0. The van der Waals surface area contributed by atoms with Gasteiger partial charge in [-0.3, -0.25) is 10.1 Å². The lowest BCUT2D eigenvalue weighted by Gasteiger charge is -2.22. The molecule has 1 aliphatic heterocycles. The summed E-state index contributed by atoms with van der Waals surface area (Å²) in [5, 5.41) is 10.1. The van der Waals surface area contributed by atoms with E-state index >= 15 is 0 Å². The van der Waals surface area contributed by atoms with Crippen LogP contribution in [0.2, 0.25) is 0 Å². The lowest BCUT2D eigenvalue weighted by molar-refractivity contribution is 0.102. The van der Waals surface area contributed by atoms with Crippen LogP contribution >= 0.6 is 0 Å². The van der Waals surface area contributed by atoms with Crippen LogP contribution < -0.4 is 5.32 Å². The number of ether oxygens (including phenoxy) is 2. The van der Waals surface area contributed by atoms with E-state index in [1.807, 2.05) is 13.8 Å². The molecule has 1 aromatic carbocycles. The predicted molar refractivity (Wildman–Crippen MR) is 117 cm³/mol. The van der Waals surface area contributed by atoms with E-state index in [2.05, 4.69) is 15.5 Å². The molecule has 0 aliphatic carbocycles. The molecule has 0 fully saturated rings. The van der Waals surface area contributed by atoms with E-state index in [1.54, 1.807) is 0 Å². The molecule has 0 spiro atoms. The molecule has 0 saturated heterocycles. The van der Waals surface area contributed by atoms with Crippen molar-refractivity contribution >= 4 is 27.7 Å². The molecule has 1 N–H and O–H groups in total. The molecular weight excluding hydrogens is 436 g/mol. The fourth-order valence-corrected chi connectivity index (χ4v) is 4.49. The quantitative estimate of drug-likeness (QED) is 0.537. The zero-order valence-electron chi connectivity index (χ0n) is 18.2. The van der Waals surface area contributed by atoms with Crippen LogP contribution in [0.4, 0.5) is 6.01 Å². The molecular formula is C21H28N4O6S. The van der Waals surface area contributed by atoms with Gasteiger partial charge >= 0.3 is 6.01 Å². The SMILES string of the molecule is CCCCN(CCCC)S(=O)(=O)c1ccc(C(=O)Nc2nnc(C3=COCCO3)o2)cc1. The zero-order valence-corrected chi connectivity index (χ0v) is 19.1. The molecule has 0 atom stereocenters. The number of amides is 1. The van der Waals surface area contributed by atoms with Crippen molar-refractivity contribution in [3.05, 3.63) is 42.0 Å². The minimum Gasteiger partial charge on any atom is -0.494 e. The average Bonchev–Trinajstić information content (AvgIpc) is 3.28. The number of unbranched alkanes of at least 4 members (excludes halogenated alkanes) is 2. The molecule has 0 unspecified atom stereocenters. The van der Waals surface area contributed by atoms with Gasteiger partial charge in [0.25, 0.3) is 11.8 Å². The molecule has 1 amide bonds. The summed E-state index contributed by atoms with van der Waals surface area (Å²) in [7, 11) is -3.63. The Bertz CT molecular complexity index is 1020. The van der Waals surface area contributed by atoms with E-state index in [0.29, 0.717) is 26.3 Å². The number of sulfonamides is 1. The lowest BCUT2D eigenvalue weighted by Crippen LogP contribution is -2.33. The highest BCUT2D eigenvalue weighted by Crippen LogP contribution is 2.21. The highest BCUT2D eigenvalue weighted by Gasteiger charge is 2.24. The van der Waals surface area contributed by atoms with Crippen LogP contribution in [0.25, 0.3) is 5.76 Å². The van der Waals surface area contributed by atoms with Gasteiger partial charge in [-0.1, -0.05) is 31.8 Å². The van der Waals surface area contributed by atoms with Crippen LogP contribution in [0.1, 0.15) is 55.8 Å². The Balaban J connectivity index is 1.68. The monoisotopic (exact) mass is 464 g/mol. The maximum Gasteiger partial charge on any atom is 0.322 e. The molecule has 2 heterocycles. The summed E-state index contributed by atoms with van der Waals surface area (Å²) in [6.45, 7) is 5.80. The van der Waals surface area contributed by atoms with Crippen LogP contribution in [0.3, 0.4) is 0 Å². The molecule has 1 aromatic heterocycles. The van der Waals surface area contributed by atoms with Gasteiger partial charge in [-0.25, -0.2) is 8.42 Å². The molecule has 0 radical (unpaired) electrons. The Labute approximate surface area is 187 Å². The molecule has 32 heavy (non-hydrogen) atoms.